The minimum absolute atomic E-state index is 0.0138. The van der Waals surface area contributed by atoms with Crippen LogP contribution in [0.25, 0.3) is 0 Å². The van der Waals surface area contributed by atoms with Gasteiger partial charge in [-0.05, 0) is 44.9 Å². The number of hydrogen-bond donors (Lipinski definition) is 1. The van der Waals surface area contributed by atoms with Crippen LogP contribution in [0, 0.1) is 11.8 Å². The molecule has 0 radical (unpaired) electrons. The Morgan fingerprint density at radius 2 is 2.00 bits per heavy atom. The van der Waals surface area contributed by atoms with E-state index in [4.69, 9.17) is 4.74 Å². The highest BCUT2D eigenvalue weighted by Gasteiger charge is 2.74. The molecule has 3 aliphatic heterocycles. The average Bonchev–Trinajstić information content (AvgIpc) is 3.54. The van der Waals surface area contributed by atoms with Crippen LogP contribution in [-0.2, 0) is 19.1 Å². The highest BCUT2D eigenvalue weighted by atomic mass is 32.2. The number of rotatable bonds is 12. The largest absolute Gasteiger partial charge is 0.465 e. The van der Waals surface area contributed by atoms with Gasteiger partial charge >= 0.3 is 5.97 Å². The third-order valence-electron chi connectivity index (χ3n) is 8.74. The first-order chi connectivity index (χ1) is 17.4. The van der Waals surface area contributed by atoms with E-state index in [0.29, 0.717) is 26.0 Å². The van der Waals surface area contributed by atoms with Gasteiger partial charge in [0.25, 0.3) is 0 Å². The Labute approximate surface area is 219 Å². The molecule has 1 spiro atoms. The van der Waals surface area contributed by atoms with Gasteiger partial charge in [0.15, 0.2) is 0 Å². The smallest absolute Gasteiger partial charge is 0.310 e. The van der Waals surface area contributed by atoms with E-state index in [1.807, 2.05) is 11.8 Å². The number of unbranched alkanes of at least 4 members (excludes halogenated alkanes) is 1. The Balaban J connectivity index is 1.68. The number of allylic oxidation sites excluding steroid dienone is 1. The lowest BCUT2D eigenvalue weighted by Gasteiger charge is -2.42. The van der Waals surface area contributed by atoms with Crippen LogP contribution in [-0.4, -0.2) is 80.6 Å². The molecule has 3 saturated heterocycles. The summed E-state index contributed by atoms with van der Waals surface area (Å²) in [6.45, 7) is 10.1. The molecule has 2 amide bonds. The van der Waals surface area contributed by atoms with Gasteiger partial charge in [-0.3, -0.25) is 14.4 Å². The lowest BCUT2D eigenvalue weighted by molar-refractivity contribution is -0.154. The number of hydrogen-bond acceptors (Lipinski definition) is 6. The Morgan fingerprint density at radius 1 is 1.25 bits per heavy atom. The number of ether oxygens (including phenoxy) is 1. The first-order valence-corrected chi connectivity index (χ1v) is 14.6. The molecule has 8 heteroatoms. The van der Waals surface area contributed by atoms with Crippen molar-refractivity contribution in [3.05, 3.63) is 25.3 Å². The standard InChI is InChI=1S/C28H42N2O5S/c1-4-7-11-17-35-27(34)22-21-14-15-28(36-21)23(22)25(32)30(19(6-3)18-31)24(28)26(33)29(16-5-2)20-12-9-8-10-13-20/h4-5,19-24,31H,1-2,6-18H2,3H3/t19-,21+,22-,23-,24?,28?/m0/s1. The van der Waals surface area contributed by atoms with Gasteiger partial charge in [0.05, 0.1) is 35.8 Å². The number of aliphatic hydroxyl groups excluding tert-OH is 1. The van der Waals surface area contributed by atoms with Crippen molar-refractivity contribution in [1.82, 2.24) is 9.80 Å². The number of carbonyl (C=O) groups excluding carboxylic acids is 3. The first-order valence-electron chi connectivity index (χ1n) is 13.7. The quantitative estimate of drug-likeness (QED) is 0.241. The first kappa shape index (κ1) is 27.2. The molecule has 200 valence electrons. The van der Waals surface area contributed by atoms with Crippen molar-refractivity contribution in [2.45, 2.75) is 99.3 Å². The molecule has 6 atom stereocenters. The zero-order valence-corrected chi connectivity index (χ0v) is 22.4. The monoisotopic (exact) mass is 518 g/mol. The SMILES string of the molecule is C=CCCCOC(=O)[C@@H]1[C@H]2C(=O)N([C@@H](CC)CO)C(C(=O)N(CC=C)C3CCCCC3)C23CC[C@H]1S3. The molecular formula is C28H42N2O5S. The van der Waals surface area contributed by atoms with E-state index in [1.54, 1.807) is 28.8 Å². The molecule has 4 rings (SSSR count). The molecule has 36 heavy (non-hydrogen) atoms. The van der Waals surface area contributed by atoms with Crippen molar-refractivity contribution >= 4 is 29.5 Å². The highest BCUT2D eigenvalue weighted by Crippen LogP contribution is 2.67. The summed E-state index contributed by atoms with van der Waals surface area (Å²) in [5.41, 5.74) is 0. The summed E-state index contributed by atoms with van der Waals surface area (Å²) >= 11 is 1.66. The fourth-order valence-electron chi connectivity index (χ4n) is 7.05. The van der Waals surface area contributed by atoms with Crippen molar-refractivity contribution in [2.24, 2.45) is 11.8 Å². The molecule has 0 aromatic heterocycles. The second kappa shape index (κ2) is 11.7. The third kappa shape index (κ3) is 4.64. The van der Waals surface area contributed by atoms with Crippen LogP contribution >= 0.6 is 11.8 Å². The van der Waals surface area contributed by atoms with Crippen LogP contribution < -0.4 is 0 Å². The summed E-state index contributed by atoms with van der Waals surface area (Å²) in [4.78, 5) is 45.4. The lowest BCUT2D eigenvalue weighted by atomic mass is 9.71. The fourth-order valence-corrected chi connectivity index (χ4v) is 9.24. The maximum absolute atomic E-state index is 14.4. The van der Waals surface area contributed by atoms with Gasteiger partial charge in [-0.25, -0.2) is 0 Å². The van der Waals surface area contributed by atoms with Gasteiger partial charge in [0, 0.05) is 17.8 Å². The van der Waals surface area contributed by atoms with Crippen LogP contribution in [0.2, 0.25) is 0 Å². The second-order valence-electron chi connectivity index (χ2n) is 10.7. The molecule has 1 aliphatic carbocycles. The molecule has 4 fully saturated rings. The van der Waals surface area contributed by atoms with Gasteiger partial charge < -0.3 is 19.6 Å². The topological polar surface area (TPSA) is 87.1 Å². The van der Waals surface area contributed by atoms with Gasteiger partial charge in [-0.2, -0.15) is 0 Å². The van der Waals surface area contributed by atoms with Crippen molar-refractivity contribution in [2.75, 3.05) is 19.8 Å². The number of aliphatic hydroxyl groups is 1. The molecule has 0 aromatic carbocycles. The number of nitrogens with zero attached hydrogens (tertiary/aromatic N) is 2. The molecular weight excluding hydrogens is 476 g/mol. The fraction of sp³-hybridized carbons (Fsp3) is 0.750. The average molecular weight is 519 g/mol. The van der Waals surface area contributed by atoms with Gasteiger partial charge in [-0.1, -0.05) is 38.3 Å². The molecule has 0 aromatic rings. The summed E-state index contributed by atoms with van der Waals surface area (Å²) < 4.78 is 4.98. The number of likely N-dealkylation sites (tertiary alicyclic amines) is 1. The summed E-state index contributed by atoms with van der Waals surface area (Å²) in [5, 5.41) is 10.2. The normalized spacial score (nSPS) is 32.3. The maximum atomic E-state index is 14.4. The number of thioether (sulfide) groups is 1. The highest BCUT2D eigenvalue weighted by molar-refractivity contribution is 8.02. The van der Waals surface area contributed by atoms with Crippen molar-refractivity contribution in [3.8, 4) is 0 Å². The molecule has 2 bridgehead atoms. The molecule has 1 saturated carbocycles. The molecule has 2 unspecified atom stereocenters. The summed E-state index contributed by atoms with van der Waals surface area (Å²) in [7, 11) is 0. The Bertz CT molecular complexity index is 855. The minimum Gasteiger partial charge on any atom is -0.465 e. The molecule has 4 aliphatic rings. The maximum Gasteiger partial charge on any atom is 0.310 e. The molecule has 7 nitrogen and oxygen atoms in total. The van der Waals surface area contributed by atoms with Gasteiger partial charge in [0.1, 0.15) is 6.04 Å². The summed E-state index contributed by atoms with van der Waals surface area (Å²) in [6.07, 6.45) is 12.4. The zero-order chi connectivity index (χ0) is 25.9. The lowest BCUT2D eigenvalue weighted by Crippen LogP contribution is -2.59. The minimum atomic E-state index is -0.678. The van der Waals surface area contributed by atoms with E-state index in [0.717, 1.165) is 44.9 Å². The van der Waals surface area contributed by atoms with Crippen molar-refractivity contribution < 1.29 is 24.2 Å². The molecule has 1 N–H and O–H groups in total. The number of carbonyl (C=O) groups is 3. The van der Waals surface area contributed by atoms with Crippen molar-refractivity contribution in [1.29, 1.82) is 0 Å². The van der Waals surface area contributed by atoms with Crippen molar-refractivity contribution in [3.63, 3.8) is 0 Å². The van der Waals surface area contributed by atoms with Crippen LogP contribution in [0.4, 0.5) is 0 Å². The van der Waals surface area contributed by atoms with E-state index in [1.165, 1.54) is 6.42 Å². The third-order valence-corrected chi connectivity index (χ3v) is 10.7. The van der Waals surface area contributed by atoms with E-state index >= 15 is 0 Å². The van der Waals surface area contributed by atoms with Crippen LogP contribution in [0.15, 0.2) is 25.3 Å². The van der Waals surface area contributed by atoms with Gasteiger partial charge in [-0.15, -0.1) is 24.9 Å². The summed E-state index contributed by atoms with van der Waals surface area (Å²) in [6, 6.07) is -0.991. The second-order valence-corrected chi connectivity index (χ2v) is 12.3. The van der Waals surface area contributed by atoms with E-state index in [-0.39, 0.29) is 35.7 Å². The number of amides is 2. The van der Waals surface area contributed by atoms with Crippen LogP contribution in [0.3, 0.4) is 0 Å². The summed E-state index contributed by atoms with van der Waals surface area (Å²) in [5.74, 6) is -1.66. The Morgan fingerprint density at radius 3 is 2.64 bits per heavy atom. The number of esters is 1. The van der Waals surface area contributed by atoms with E-state index in [9.17, 15) is 19.5 Å². The Kier molecular flexibility index (Phi) is 8.87. The zero-order valence-electron chi connectivity index (χ0n) is 21.6. The van der Waals surface area contributed by atoms with E-state index in [2.05, 4.69) is 13.2 Å². The predicted octanol–water partition coefficient (Wildman–Crippen LogP) is 3.71. The van der Waals surface area contributed by atoms with Crippen LogP contribution in [0.5, 0.6) is 0 Å². The van der Waals surface area contributed by atoms with Crippen LogP contribution in [0.1, 0.15) is 71.1 Å². The Hall–Kier alpha value is -1.80. The molecule has 3 heterocycles. The van der Waals surface area contributed by atoms with E-state index < -0.39 is 28.7 Å². The van der Waals surface area contributed by atoms with Gasteiger partial charge in [0.2, 0.25) is 11.8 Å². The predicted molar refractivity (Wildman–Crippen MR) is 141 cm³/mol. The number of fused-ring (bicyclic) bond motifs is 1.